The summed E-state index contributed by atoms with van der Waals surface area (Å²) in [5.74, 6) is 0.313. The van der Waals surface area contributed by atoms with Gasteiger partial charge in [0.25, 0.3) is 5.89 Å². The molecule has 1 N–H and O–H groups in total. The molecule has 0 unspecified atom stereocenters. The molecular weight excluding hydrogens is 347 g/mol. The van der Waals surface area contributed by atoms with Gasteiger partial charge in [0.05, 0.1) is 5.69 Å². The summed E-state index contributed by atoms with van der Waals surface area (Å²) in [5, 5.41) is 3.96. The number of H-pyrrole nitrogens is 1. The maximum Gasteiger partial charge on any atom is 0.330 e. The van der Waals surface area contributed by atoms with E-state index in [1.165, 1.54) is 6.07 Å². The maximum atomic E-state index is 13.7. The van der Waals surface area contributed by atoms with Crippen molar-refractivity contribution in [3.63, 3.8) is 0 Å². The fourth-order valence-corrected chi connectivity index (χ4v) is 2.75. The Morgan fingerprint density at radius 2 is 2.00 bits per heavy atom. The van der Waals surface area contributed by atoms with E-state index in [4.69, 9.17) is 4.52 Å². The Morgan fingerprint density at radius 3 is 2.78 bits per heavy atom. The molecule has 2 heterocycles. The van der Waals surface area contributed by atoms with Crippen LogP contribution in [0.2, 0.25) is 0 Å². The van der Waals surface area contributed by atoms with Crippen LogP contribution in [0, 0.1) is 12.7 Å². The number of benzene rings is 2. The van der Waals surface area contributed by atoms with Gasteiger partial charge in [-0.25, -0.2) is 9.18 Å². The van der Waals surface area contributed by atoms with Gasteiger partial charge in [0, 0.05) is 29.1 Å². The zero-order valence-corrected chi connectivity index (χ0v) is 14.4. The quantitative estimate of drug-likeness (QED) is 0.598. The number of rotatable bonds is 4. The van der Waals surface area contributed by atoms with E-state index in [1.54, 1.807) is 47.2 Å². The highest BCUT2D eigenvalue weighted by atomic mass is 19.1. The molecule has 0 radical (unpaired) electrons. The Morgan fingerprint density at radius 1 is 1.15 bits per heavy atom. The van der Waals surface area contributed by atoms with E-state index in [-0.39, 0.29) is 17.4 Å². The molecule has 0 aliphatic rings. The van der Waals surface area contributed by atoms with Gasteiger partial charge in [-0.3, -0.25) is 4.57 Å². The van der Waals surface area contributed by atoms with Crippen LogP contribution in [0.3, 0.4) is 0 Å². The summed E-state index contributed by atoms with van der Waals surface area (Å²) in [6.45, 7) is 1.84. The third-order valence-corrected chi connectivity index (χ3v) is 4.08. The fraction of sp³-hybridized carbons (Fsp3) is 0.0500. The first kappa shape index (κ1) is 16.7. The molecule has 7 heteroatoms. The SMILES string of the molecule is Cc1c[nH]c(=O)n1-c1cccc(-c2noc(/C=C/c3ccccc3F)n2)c1. The number of imidazole rings is 1. The lowest BCUT2D eigenvalue weighted by Crippen LogP contribution is -2.15. The van der Waals surface area contributed by atoms with Gasteiger partial charge >= 0.3 is 5.69 Å². The van der Waals surface area contributed by atoms with Gasteiger partial charge in [0.15, 0.2) is 0 Å². The molecule has 0 atom stereocenters. The van der Waals surface area contributed by atoms with Crippen LogP contribution in [-0.4, -0.2) is 19.7 Å². The number of nitrogens with zero attached hydrogens (tertiary/aromatic N) is 3. The van der Waals surface area contributed by atoms with E-state index in [2.05, 4.69) is 15.1 Å². The Balaban J connectivity index is 1.63. The lowest BCUT2D eigenvalue weighted by Gasteiger charge is -2.04. The molecule has 0 aliphatic carbocycles. The summed E-state index contributed by atoms with van der Waals surface area (Å²) in [4.78, 5) is 18.9. The van der Waals surface area contributed by atoms with E-state index in [9.17, 15) is 9.18 Å². The second kappa shape index (κ2) is 6.87. The molecule has 0 saturated carbocycles. The molecule has 6 nitrogen and oxygen atoms in total. The van der Waals surface area contributed by atoms with Crippen molar-refractivity contribution in [3.8, 4) is 17.1 Å². The maximum absolute atomic E-state index is 13.7. The number of halogens is 1. The van der Waals surface area contributed by atoms with Gasteiger partial charge in [-0.15, -0.1) is 0 Å². The highest BCUT2D eigenvalue weighted by Crippen LogP contribution is 2.20. The standard InChI is InChI=1S/C20H15FN4O2/c1-13-12-22-20(26)25(13)16-7-4-6-15(11-16)19-23-18(27-24-19)10-9-14-5-2-3-8-17(14)21/h2-12H,1H3,(H,22,26)/b10-9+. The van der Waals surface area contributed by atoms with Crippen molar-refractivity contribution >= 4 is 12.2 Å². The number of hydrogen-bond donors (Lipinski definition) is 1. The molecule has 0 saturated heterocycles. The van der Waals surface area contributed by atoms with Crippen molar-refractivity contribution in [3.05, 3.63) is 88.2 Å². The molecule has 0 spiro atoms. The molecular formula is C20H15FN4O2. The predicted molar refractivity (Wildman–Crippen MR) is 99.7 cm³/mol. The second-order valence-corrected chi connectivity index (χ2v) is 5.93. The summed E-state index contributed by atoms with van der Waals surface area (Å²) < 4.78 is 20.4. The summed E-state index contributed by atoms with van der Waals surface area (Å²) in [5.41, 5.74) is 2.41. The molecule has 0 aliphatic heterocycles. The minimum atomic E-state index is -0.325. The lowest BCUT2D eigenvalue weighted by molar-refractivity contribution is 0.411. The van der Waals surface area contributed by atoms with Gasteiger partial charge in [0.2, 0.25) is 5.82 Å². The van der Waals surface area contributed by atoms with E-state index in [0.717, 1.165) is 5.69 Å². The molecule has 4 rings (SSSR count). The summed E-state index contributed by atoms with van der Waals surface area (Å²) in [7, 11) is 0. The largest absolute Gasteiger partial charge is 0.334 e. The third kappa shape index (κ3) is 3.35. The molecule has 27 heavy (non-hydrogen) atoms. The minimum absolute atomic E-state index is 0.216. The summed E-state index contributed by atoms with van der Waals surface area (Å²) >= 11 is 0. The van der Waals surface area contributed by atoms with Crippen molar-refractivity contribution in [2.24, 2.45) is 0 Å². The van der Waals surface area contributed by atoms with Crippen molar-refractivity contribution in [2.45, 2.75) is 6.92 Å². The molecule has 4 aromatic rings. The molecule has 134 valence electrons. The van der Waals surface area contributed by atoms with Crippen LogP contribution in [0.4, 0.5) is 4.39 Å². The van der Waals surface area contributed by atoms with Crippen LogP contribution in [0.25, 0.3) is 29.2 Å². The number of aromatic amines is 1. The number of hydrogen-bond acceptors (Lipinski definition) is 4. The topological polar surface area (TPSA) is 76.7 Å². The molecule has 2 aromatic carbocycles. The van der Waals surface area contributed by atoms with Crippen LogP contribution in [0.1, 0.15) is 17.1 Å². The Hall–Kier alpha value is -3.74. The average Bonchev–Trinajstić information content (AvgIpc) is 3.28. The van der Waals surface area contributed by atoms with Gasteiger partial charge in [-0.1, -0.05) is 35.5 Å². The number of aromatic nitrogens is 4. The second-order valence-electron chi connectivity index (χ2n) is 5.93. The Bertz CT molecular complexity index is 1190. The van der Waals surface area contributed by atoms with Gasteiger partial charge < -0.3 is 9.51 Å². The van der Waals surface area contributed by atoms with Crippen molar-refractivity contribution in [2.75, 3.05) is 0 Å². The van der Waals surface area contributed by atoms with E-state index >= 15 is 0 Å². The first-order chi connectivity index (χ1) is 13.1. The predicted octanol–water partition coefficient (Wildman–Crippen LogP) is 3.83. The molecule has 0 fully saturated rings. The first-order valence-electron chi connectivity index (χ1n) is 8.26. The molecule has 0 amide bonds. The van der Waals surface area contributed by atoms with Gasteiger partial charge in [0.1, 0.15) is 5.82 Å². The van der Waals surface area contributed by atoms with Crippen LogP contribution >= 0.6 is 0 Å². The van der Waals surface area contributed by atoms with Crippen LogP contribution in [0.5, 0.6) is 0 Å². The molecule has 0 bridgehead atoms. The van der Waals surface area contributed by atoms with Crippen LogP contribution in [0.15, 0.2) is 64.0 Å². The Labute approximate surface area is 153 Å². The lowest BCUT2D eigenvalue weighted by atomic mass is 10.2. The third-order valence-electron chi connectivity index (χ3n) is 4.08. The highest BCUT2D eigenvalue weighted by Gasteiger charge is 2.10. The van der Waals surface area contributed by atoms with E-state index in [0.29, 0.717) is 22.6 Å². The zero-order valence-electron chi connectivity index (χ0n) is 14.4. The number of nitrogens with one attached hydrogen (secondary N) is 1. The van der Waals surface area contributed by atoms with Crippen LogP contribution in [-0.2, 0) is 0 Å². The molecule has 2 aromatic heterocycles. The summed E-state index contributed by atoms with van der Waals surface area (Å²) in [6.07, 6.45) is 4.78. The average molecular weight is 362 g/mol. The monoisotopic (exact) mass is 362 g/mol. The first-order valence-corrected chi connectivity index (χ1v) is 8.26. The van der Waals surface area contributed by atoms with Crippen LogP contribution < -0.4 is 5.69 Å². The smallest absolute Gasteiger partial charge is 0.330 e. The summed E-state index contributed by atoms with van der Waals surface area (Å²) in [6, 6.07) is 13.7. The van der Waals surface area contributed by atoms with E-state index in [1.807, 2.05) is 25.1 Å². The fourth-order valence-electron chi connectivity index (χ4n) is 2.75. The minimum Gasteiger partial charge on any atom is -0.334 e. The van der Waals surface area contributed by atoms with Gasteiger partial charge in [-0.2, -0.15) is 4.98 Å². The Kier molecular flexibility index (Phi) is 4.25. The van der Waals surface area contributed by atoms with Crippen molar-refractivity contribution in [1.29, 1.82) is 0 Å². The van der Waals surface area contributed by atoms with Gasteiger partial charge in [-0.05, 0) is 31.2 Å². The number of aryl methyl sites for hydroxylation is 1. The van der Waals surface area contributed by atoms with Crippen molar-refractivity contribution in [1.82, 2.24) is 19.7 Å². The normalized spacial score (nSPS) is 11.3. The zero-order chi connectivity index (χ0) is 18.8. The van der Waals surface area contributed by atoms with E-state index < -0.39 is 0 Å². The van der Waals surface area contributed by atoms with Crippen molar-refractivity contribution < 1.29 is 8.91 Å². The highest BCUT2D eigenvalue weighted by molar-refractivity contribution is 5.67.